The van der Waals surface area contributed by atoms with Crippen LogP contribution in [0.3, 0.4) is 0 Å². The van der Waals surface area contributed by atoms with E-state index in [-0.39, 0.29) is 0 Å². The molecule has 1 fully saturated rings. The number of hydrogen-bond acceptors (Lipinski definition) is 1. The summed E-state index contributed by atoms with van der Waals surface area (Å²) in [5.41, 5.74) is 0.881. The van der Waals surface area contributed by atoms with Gasteiger partial charge < -0.3 is 5.32 Å². The van der Waals surface area contributed by atoms with Gasteiger partial charge in [0, 0.05) is 6.54 Å². The van der Waals surface area contributed by atoms with Crippen molar-refractivity contribution in [2.24, 2.45) is 5.92 Å². The van der Waals surface area contributed by atoms with Gasteiger partial charge >= 0.3 is 0 Å². The van der Waals surface area contributed by atoms with Crippen molar-refractivity contribution < 1.29 is 0 Å². The van der Waals surface area contributed by atoms with Crippen LogP contribution in [-0.2, 0) is 0 Å². The van der Waals surface area contributed by atoms with E-state index in [0.717, 1.165) is 18.2 Å². The van der Waals surface area contributed by atoms with Gasteiger partial charge in [0.1, 0.15) is 0 Å². The predicted molar refractivity (Wildman–Crippen MR) is 76.5 cm³/mol. The number of rotatable bonds is 3. The molecule has 0 bridgehead atoms. The van der Waals surface area contributed by atoms with Gasteiger partial charge in [-0.1, -0.05) is 54.1 Å². The molecule has 1 aliphatic rings. The van der Waals surface area contributed by atoms with Crippen LogP contribution >= 0.6 is 34.8 Å². The van der Waals surface area contributed by atoms with Crippen LogP contribution in [0.2, 0.25) is 15.1 Å². The summed E-state index contributed by atoms with van der Waals surface area (Å²) in [6.45, 7) is 0.970. The van der Waals surface area contributed by atoms with E-state index in [1.54, 1.807) is 12.1 Å². The zero-order chi connectivity index (χ0) is 12.3. The van der Waals surface area contributed by atoms with Crippen LogP contribution in [0.1, 0.15) is 32.1 Å². The Morgan fingerprint density at radius 3 is 2.29 bits per heavy atom. The van der Waals surface area contributed by atoms with Gasteiger partial charge in [0.05, 0.1) is 20.8 Å². The van der Waals surface area contributed by atoms with Gasteiger partial charge in [-0.15, -0.1) is 0 Å². The molecule has 0 amide bonds. The molecular weight excluding hydrogens is 277 g/mol. The van der Waals surface area contributed by atoms with Crippen LogP contribution in [0, 0.1) is 5.92 Å². The molecule has 0 atom stereocenters. The molecule has 1 aromatic rings. The van der Waals surface area contributed by atoms with E-state index in [1.807, 2.05) is 0 Å². The molecule has 94 valence electrons. The van der Waals surface area contributed by atoms with Gasteiger partial charge in [0.2, 0.25) is 0 Å². The van der Waals surface area contributed by atoms with Crippen molar-refractivity contribution in [3.8, 4) is 0 Å². The summed E-state index contributed by atoms with van der Waals surface area (Å²) in [5.74, 6) is 0.759. The van der Waals surface area contributed by atoms with Gasteiger partial charge in [-0.2, -0.15) is 0 Å². The molecule has 4 heteroatoms. The second-order valence-electron chi connectivity index (χ2n) is 4.63. The molecular formula is C13H16Cl3N. The molecule has 1 N–H and O–H groups in total. The minimum atomic E-state index is 0.500. The maximum absolute atomic E-state index is 6.11. The first-order valence-electron chi connectivity index (χ1n) is 6.05. The largest absolute Gasteiger partial charge is 0.384 e. The average Bonchev–Trinajstić information content (AvgIpc) is 2.33. The number of hydrogen-bond donors (Lipinski definition) is 1. The Kier molecular flexibility index (Phi) is 4.84. The van der Waals surface area contributed by atoms with Crippen LogP contribution in [0.5, 0.6) is 0 Å². The standard InChI is InChI=1S/C13H16Cl3N/c14-10-6-12(16)13(7-11(10)15)17-8-9-4-2-1-3-5-9/h6-7,9,17H,1-5,8H2. The third-order valence-electron chi connectivity index (χ3n) is 3.32. The average molecular weight is 293 g/mol. The Balaban J connectivity index is 1.96. The lowest BCUT2D eigenvalue weighted by Gasteiger charge is -2.22. The summed E-state index contributed by atoms with van der Waals surface area (Å²) in [7, 11) is 0. The SMILES string of the molecule is Clc1cc(Cl)c(NCC2CCCCC2)cc1Cl. The molecule has 1 nitrogen and oxygen atoms in total. The van der Waals surface area contributed by atoms with E-state index in [2.05, 4.69) is 5.32 Å². The van der Waals surface area contributed by atoms with Crippen LogP contribution in [0.15, 0.2) is 12.1 Å². The van der Waals surface area contributed by atoms with E-state index >= 15 is 0 Å². The van der Waals surface area contributed by atoms with Crippen LogP contribution in [0.25, 0.3) is 0 Å². The second kappa shape index (κ2) is 6.17. The Hall–Kier alpha value is -0.110. The first-order valence-corrected chi connectivity index (χ1v) is 7.18. The number of anilines is 1. The monoisotopic (exact) mass is 291 g/mol. The zero-order valence-corrected chi connectivity index (χ0v) is 11.9. The predicted octanol–water partition coefficient (Wildman–Crippen LogP) is 5.64. The summed E-state index contributed by atoms with van der Waals surface area (Å²) >= 11 is 18.0. The van der Waals surface area contributed by atoms with Crippen LogP contribution in [0.4, 0.5) is 5.69 Å². The summed E-state index contributed by atoms with van der Waals surface area (Å²) in [4.78, 5) is 0. The third kappa shape index (κ3) is 3.67. The lowest BCUT2D eigenvalue weighted by molar-refractivity contribution is 0.373. The maximum atomic E-state index is 6.11. The van der Waals surface area contributed by atoms with Crippen LogP contribution in [-0.4, -0.2) is 6.54 Å². The Labute approximate surface area is 117 Å². The zero-order valence-electron chi connectivity index (χ0n) is 9.61. The molecule has 0 unspecified atom stereocenters. The number of nitrogens with one attached hydrogen (secondary N) is 1. The lowest BCUT2D eigenvalue weighted by atomic mass is 9.89. The van der Waals surface area contributed by atoms with Crippen molar-refractivity contribution >= 4 is 40.5 Å². The van der Waals surface area contributed by atoms with Crippen molar-refractivity contribution in [2.75, 3.05) is 11.9 Å². The normalized spacial score (nSPS) is 17.1. The topological polar surface area (TPSA) is 12.0 Å². The first kappa shape index (κ1) is 13.3. The molecule has 0 spiro atoms. The molecule has 1 saturated carbocycles. The van der Waals surface area contributed by atoms with Crippen molar-refractivity contribution in [3.05, 3.63) is 27.2 Å². The van der Waals surface area contributed by atoms with E-state index in [0.29, 0.717) is 15.1 Å². The summed E-state index contributed by atoms with van der Waals surface area (Å²) < 4.78 is 0. The fourth-order valence-electron chi connectivity index (χ4n) is 2.30. The quantitative estimate of drug-likeness (QED) is 0.711. The summed E-state index contributed by atoms with van der Waals surface area (Å²) in [5, 5.41) is 5.05. The van der Waals surface area contributed by atoms with Gasteiger partial charge in [-0.25, -0.2) is 0 Å². The molecule has 0 heterocycles. The molecule has 1 aromatic carbocycles. The third-order valence-corrected chi connectivity index (χ3v) is 4.35. The summed E-state index contributed by atoms with van der Waals surface area (Å²) in [6.07, 6.45) is 6.70. The maximum Gasteiger partial charge on any atom is 0.0653 e. The molecule has 17 heavy (non-hydrogen) atoms. The lowest BCUT2D eigenvalue weighted by Crippen LogP contribution is -2.17. The molecule has 0 aliphatic heterocycles. The molecule has 1 aliphatic carbocycles. The second-order valence-corrected chi connectivity index (χ2v) is 5.85. The number of halogens is 3. The van der Waals surface area contributed by atoms with E-state index in [4.69, 9.17) is 34.8 Å². The van der Waals surface area contributed by atoms with Crippen molar-refractivity contribution in [2.45, 2.75) is 32.1 Å². The Morgan fingerprint density at radius 1 is 0.941 bits per heavy atom. The smallest absolute Gasteiger partial charge is 0.0653 e. The summed E-state index contributed by atoms with van der Waals surface area (Å²) in [6, 6.07) is 3.49. The van der Waals surface area contributed by atoms with Crippen molar-refractivity contribution in [1.82, 2.24) is 0 Å². The van der Waals surface area contributed by atoms with Crippen molar-refractivity contribution in [3.63, 3.8) is 0 Å². The highest BCUT2D eigenvalue weighted by Crippen LogP contribution is 2.33. The number of benzene rings is 1. The van der Waals surface area contributed by atoms with Crippen molar-refractivity contribution in [1.29, 1.82) is 0 Å². The fourth-order valence-corrected chi connectivity index (χ4v) is 2.92. The van der Waals surface area contributed by atoms with E-state index in [1.165, 1.54) is 32.1 Å². The van der Waals surface area contributed by atoms with E-state index < -0.39 is 0 Å². The Bertz CT molecular complexity index is 386. The van der Waals surface area contributed by atoms with Gasteiger partial charge in [-0.3, -0.25) is 0 Å². The van der Waals surface area contributed by atoms with Gasteiger partial charge in [0.15, 0.2) is 0 Å². The molecule has 0 saturated heterocycles. The molecule has 0 radical (unpaired) electrons. The highest BCUT2D eigenvalue weighted by Gasteiger charge is 2.14. The minimum absolute atomic E-state index is 0.500. The first-order chi connectivity index (χ1) is 8.16. The highest BCUT2D eigenvalue weighted by molar-refractivity contribution is 6.44. The fraction of sp³-hybridized carbons (Fsp3) is 0.538. The Morgan fingerprint density at radius 2 is 1.59 bits per heavy atom. The van der Waals surface area contributed by atoms with Gasteiger partial charge in [-0.05, 0) is 30.9 Å². The molecule has 2 rings (SSSR count). The molecule has 0 aromatic heterocycles. The highest BCUT2D eigenvalue weighted by atomic mass is 35.5. The van der Waals surface area contributed by atoms with Crippen LogP contribution < -0.4 is 5.32 Å². The van der Waals surface area contributed by atoms with E-state index in [9.17, 15) is 0 Å². The van der Waals surface area contributed by atoms with Gasteiger partial charge in [0.25, 0.3) is 0 Å². The minimum Gasteiger partial charge on any atom is -0.384 e.